The van der Waals surface area contributed by atoms with Crippen LogP contribution in [0.1, 0.15) is 0 Å². The molecule has 106 valence electrons. The van der Waals surface area contributed by atoms with E-state index in [2.05, 4.69) is 10.0 Å². The molecule has 0 saturated carbocycles. The molecule has 20 heavy (non-hydrogen) atoms. The number of hydrogen-bond donors (Lipinski definition) is 4. The van der Waals surface area contributed by atoms with Gasteiger partial charge in [0.25, 0.3) is 10.0 Å². The van der Waals surface area contributed by atoms with Gasteiger partial charge in [-0.25, -0.2) is 8.42 Å². The van der Waals surface area contributed by atoms with E-state index in [1.165, 1.54) is 6.07 Å². The van der Waals surface area contributed by atoms with Crippen molar-refractivity contribution in [3.8, 4) is 11.5 Å². The summed E-state index contributed by atoms with van der Waals surface area (Å²) in [6.07, 6.45) is 0. The normalized spacial score (nSPS) is 11.1. The van der Waals surface area contributed by atoms with Crippen molar-refractivity contribution < 1.29 is 18.6 Å². The number of anilines is 2. The van der Waals surface area contributed by atoms with Crippen LogP contribution < -0.4 is 10.0 Å². The van der Waals surface area contributed by atoms with Crippen LogP contribution in [0.3, 0.4) is 0 Å². The van der Waals surface area contributed by atoms with Gasteiger partial charge in [0.1, 0.15) is 16.4 Å². The van der Waals surface area contributed by atoms with Crippen LogP contribution in [0.5, 0.6) is 11.5 Å². The molecule has 0 atom stereocenters. The summed E-state index contributed by atoms with van der Waals surface area (Å²) in [7, 11) is -2.15. The Balaban J connectivity index is 2.30. The van der Waals surface area contributed by atoms with Crippen LogP contribution in [0.4, 0.5) is 11.4 Å². The van der Waals surface area contributed by atoms with E-state index in [4.69, 9.17) is 5.11 Å². The van der Waals surface area contributed by atoms with Gasteiger partial charge in [-0.2, -0.15) is 0 Å². The molecule has 0 amide bonds. The minimum Gasteiger partial charge on any atom is -0.508 e. The lowest BCUT2D eigenvalue weighted by Crippen LogP contribution is -2.13. The quantitative estimate of drug-likeness (QED) is 0.690. The molecule has 2 rings (SSSR count). The zero-order chi connectivity index (χ0) is 14.8. The van der Waals surface area contributed by atoms with Gasteiger partial charge in [0, 0.05) is 24.5 Å². The number of rotatable bonds is 4. The topological polar surface area (TPSA) is 98.7 Å². The van der Waals surface area contributed by atoms with E-state index in [1.54, 1.807) is 31.3 Å². The maximum atomic E-state index is 12.1. The summed E-state index contributed by atoms with van der Waals surface area (Å²) in [5, 5.41) is 21.7. The molecule has 0 fully saturated rings. The Bertz CT molecular complexity index is 712. The molecule has 0 aromatic heterocycles. The molecule has 0 radical (unpaired) electrons. The molecular weight excluding hydrogens is 280 g/mol. The van der Waals surface area contributed by atoms with Crippen molar-refractivity contribution in [2.45, 2.75) is 4.90 Å². The molecule has 0 heterocycles. The second kappa shape index (κ2) is 5.30. The van der Waals surface area contributed by atoms with E-state index in [1.807, 2.05) is 0 Å². The van der Waals surface area contributed by atoms with E-state index >= 15 is 0 Å². The molecule has 2 aromatic carbocycles. The van der Waals surface area contributed by atoms with Gasteiger partial charge in [-0.15, -0.1) is 0 Å². The van der Waals surface area contributed by atoms with Crippen molar-refractivity contribution in [3.05, 3.63) is 42.5 Å². The van der Waals surface area contributed by atoms with Gasteiger partial charge in [0.05, 0.1) is 0 Å². The molecule has 0 aliphatic heterocycles. The summed E-state index contributed by atoms with van der Waals surface area (Å²) in [5.74, 6) is -0.718. The van der Waals surface area contributed by atoms with E-state index in [9.17, 15) is 13.5 Å². The first-order valence-corrected chi connectivity index (χ1v) is 7.23. The lowest BCUT2D eigenvalue weighted by molar-refractivity contribution is 0.440. The Hall–Kier alpha value is -2.41. The zero-order valence-corrected chi connectivity index (χ0v) is 11.5. The summed E-state index contributed by atoms with van der Waals surface area (Å²) in [4.78, 5) is -0.298. The third-order valence-corrected chi connectivity index (χ3v) is 4.09. The van der Waals surface area contributed by atoms with Crippen LogP contribution in [0.25, 0.3) is 0 Å². The predicted molar refractivity (Wildman–Crippen MR) is 76.6 cm³/mol. The van der Waals surface area contributed by atoms with Crippen LogP contribution in [0, 0.1) is 0 Å². The maximum absolute atomic E-state index is 12.1. The number of sulfonamides is 1. The number of aromatic hydroxyl groups is 2. The highest BCUT2D eigenvalue weighted by atomic mass is 32.2. The molecule has 7 heteroatoms. The number of phenols is 2. The lowest BCUT2D eigenvalue weighted by Gasteiger charge is -2.10. The fraction of sp³-hybridized carbons (Fsp3) is 0.0769. The van der Waals surface area contributed by atoms with Crippen molar-refractivity contribution in [2.75, 3.05) is 17.1 Å². The monoisotopic (exact) mass is 294 g/mol. The van der Waals surface area contributed by atoms with Crippen LogP contribution in [0.2, 0.25) is 0 Å². The van der Waals surface area contributed by atoms with Crippen molar-refractivity contribution >= 4 is 21.4 Å². The molecule has 0 aliphatic rings. The zero-order valence-electron chi connectivity index (χ0n) is 10.7. The number of hydrogen-bond acceptors (Lipinski definition) is 5. The second-order valence-electron chi connectivity index (χ2n) is 4.08. The van der Waals surface area contributed by atoms with Crippen molar-refractivity contribution in [1.29, 1.82) is 0 Å². The summed E-state index contributed by atoms with van der Waals surface area (Å²) in [6, 6.07) is 9.93. The van der Waals surface area contributed by atoms with E-state index in [-0.39, 0.29) is 10.6 Å². The summed E-state index contributed by atoms with van der Waals surface area (Å²) < 4.78 is 26.6. The average Bonchev–Trinajstić information content (AvgIpc) is 2.38. The Morgan fingerprint density at radius 1 is 0.950 bits per heavy atom. The van der Waals surface area contributed by atoms with Crippen LogP contribution >= 0.6 is 0 Å². The average molecular weight is 294 g/mol. The summed E-state index contributed by atoms with van der Waals surface area (Å²) >= 11 is 0. The minimum atomic E-state index is -3.91. The van der Waals surface area contributed by atoms with Crippen LogP contribution in [-0.4, -0.2) is 25.7 Å². The van der Waals surface area contributed by atoms with Crippen molar-refractivity contribution in [1.82, 2.24) is 0 Å². The van der Waals surface area contributed by atoms with E-state index in [0.29, 0.717) is 5.69 Å². The summed E-state index contributed by atoms with van der Waals surface area (Å²) in [5.41, 5.74) is 1.22. The highest BCUT2D eigenvalue weighted by Gasteiger charge is 2.19. The Morgan fingerprint density at radius 2 is 1.55 bits per heavy atom. The molecular formula is C13H14N2O4S. The number of nitrogens with one attached hydrogen (secondary N) is 2. The van der Waals surface area contributed by atoms with Crippen LogP contribution in [-0.2, 0) is 10.0 Å². The third-order valence-electron chi connectivity index (χ3n) is 2.66. The van der Waals surface area contributed by atoms with E-state index in [0.717, 1.165) is 17.8 Å². The standard InChI is InChI=1S/C13H14N2O4S/c1-14-9-2-4-10(5-3-9)15-20(18,19)13-7-6-11(16)8-12(13)17/h2-8,14-17H,1H3. The molecule has 0 aliphatic carbocycles. The Morgan fingerprint density at radius 3 is 2.10 bits per heavy atom. The molecule has 2 aromatic rings. The Kier molecular flexibility index (Phi) is 3.71. The Labute approximate surface area is 116 Å². The molecule has 6 nitrogen and oxygen atoms in total. The molecule has 0 bridgehead atoms. The molecule has 0 saturated heterocycles. The lowest BCUT2D eigenvalue weighted by atomic mass is 10.3. The van der Waals surface area contributed by atoms with Gasteiger partial charge in [-0.05, 0) is 36.4 Å². The number of phenolic OH excluding ortho intramolecular Hbond substituents is 2. The van der Waals surface area contributed by atoms with Gasteiger partial charge in [0.15, 0.2) is 0 Å². The van der Waals surface area contributed by atoms with Gasteiger partial charge in [0.2, 0.25) is 0 Å². The SMILES string of the molecule is CNc1ccc(NS(=O)(=O)c2ccc(O)cc2O)cc1. The highest BCUT2D eigenvalue weighted by molar-refractivity contribution is 7.92. The van der Waals surface area contributed by atoms with Crippen LogP contribution in [0.15, 0.2) is 47.4 Å². The highest BCUT2D eigenvalue weighted by Crippen LogP contribution is 2.28. The second-order valence-corrected chi connectivity index (χ2v) is 5.74. The number of benzene rings is 2. The van der Waals surface area contributed by atoms with Gasteiger partial charge in [-0.3, -0.25) is 4.72 Å². The van der Waals surface area contributed by atoms with E-state index < -0.39 is 15.8 Å². The fourth-order valence-corrected chi connectivity index (χ4v) is 2.79. The largest absolute Gasteiger partial charge is 0.508 e. The van der Waals surface area contributed by atoms with Crippen molar-refractivity contribution in [3.63, 3.8) is 0 Å². The molecule has 0 unspecified atom stereocenters. The van der Waals surface area contributed by atoms with Gasteiger partial charge in [-0.1, -0.05) is 0 Å². The third kappa shape index (κ3) is 2.94. The van der Waals surface area contributed by atoms with Gasteiger partial charge >= 0.3 is 0 Å². The summed E-state index contributed by atoms with van der Waals surface area (Å²) in [6.45, 7) is 0. The minimum absolute atomic E-state index is 0.208. The molecule has 0 spiro atoms. The van der Waals surface area contributed by atoms with Gasteiger partial charge < -0.3 is 15.5 Å². The smallest absolute Gasteiger partial charge is 0.265 e. The first-order chi connectivity index (χ1) is 9.42. The molecule has 4 N–H and O–H groups in total. The maximum Gasteiger partial charge on any atom is 0.265 e. The first-order valence-electron chi connectivity index (χ1n) is 5.75. The predicted octanol–water partition coefficient (Wildman–Crippen LogP) is 1.94. The fourth-order valence-electron chi connectivity index (χ4n) is 1.65. The first kappa shape index (κ1) is 14.0. The van der Waals surface area contributed by atoms with Crippen molar-refractivity contribution in [2.24, 2.45) is 0 Å².